The first-order valence-corrected chi connectivity index (χ1v) is 7.39. The monoisotopic (exact) mass is 268 g/mol. The largest absolute Gasteiger partial charge is 0.481 e. The summed E-state index contributed by atoms with van der Waals surface area (Å²) >= 11 is 0. The Morgan fingerprint density at radius 1 is 1.16 bits per heavy atom. The zero-order valence-corrected chi connectivity index (χ0v) is 11.4. The fraction of sp³-hybridized carbons (Fsp3) is 0.857. The first-order chi connectivity index (χ1) is 9.18. The Balaban J connectivity index is 1.79. The molecule has 2 aliphatic rings. The van der Waals surface area contributed by atoms with Crippen molar-refractivity contribution >= 4 is 11.9 Å². The summed E-state index contributed by atoms with van der Waals surface area (Å²) in [5.74, 6) is -0.744. The summed E-state index contributed by atoms with van der Waals surface area (Å²) < 4.78 is 0. The molecule has 5 nitrogen and oxygen atoms in total. The average molecular weight is 268 g/mol. The van der Waals surface area contributed by atoms with Gasteiger partial charge in [0.1, 0.15) is 0 Å². The molecule has 0 aromatic carbocycles. The number of carbonyl (C=O) groups excluding carboxylic acids is 1. The van der Waals surface area contributed by atoms with Crippen LogP contribution in [-0.4, -0.2) is 36.6 Å². The maximum absolute atomic E-state index is 12.0. The molecule has 2 unspecified atom stereocenters. The van der Waals surface area contributed by atoms with Crippen LogP contribution in [0.15, 0.2) is 0 Å². The van der Waals surface area contributed by atoms with Gasteiger partial charge in [-0.05, 0) is 38.1 Å². The summed E-state index contributed by atoms with van der Waals surface area (Å²) in [4.78, 5) is 23.2. The quantitative estimate of drug-likeness (QED) is 0.710. The van der Waals surface area contributed by atoms with Crippen LogP contribution in [0.3, 0.4) is 0 Å². The highest BCUT2D eigenvalue weighted by atomic mass is 16.4. The minimum atomic E-state index is -0.710. The number of piperidine rings is 1. The molecular formula is C14H24N2O3. The molecule has 19 heavy (non-hydrogen) atoms. The third-order valence-electron chi connectivity index (χ3n) is 4.43. The molecule has 1 heterocycles. The van der Waals surface area contributed by atoms with E-state index in [0.29, 0.717) is 6.54 Å². The predicted octanol–water partition coefficient (Wildman–Crippen LogP) is 0.993. The zero-order valence-electron chi connectivity index (χ0n) is 11.4. The third-order valence-corrected chi connectivity index (χ3v) is 4.43. The molecule has 108 valence electrons. The number of nitrogens with one attached hydrogen (secondary N) is 2. The van der Waals surface area contributed by atoms with Gasteiger partial charge >= 0.3 is 5.97 Å². The van der Waals surface area contributed by atoms with E-state index in [2.05, 4.69) is 10.6 Å². The first kappa shape index (κ1) is 14.3. The Bertz CT molecular complexity index is 327. The maximum atomic E-state index is 12.0. The lowest BCUT2D eigenvalue weighted by Crippen LogP contribution is -2.43. The molecule has 0 aromatic rings. The van der Waals surface area contributed by atoms with Crippen molar-refractivity contribution in [2.45, 2.75) is 38.5 Å². The molecule has 2 fully saturated rings. The molecule has 1 saturated heterocycles. The van der Waals surface area contributed by atoms with Gasteiger partial charge in [0.15, 0.2) is 0 Å². The fourth-order valence-corrected chi connectivity index (χ4v) is 3.23. The maximum Gasteiger partial charge on any atom is 0.306 e. The summed E-state index contributed by atoms with van der Waals surface area (Å²) in [6.45, 7) is 2.26. The van der Waals surface area contributed by atoms with E-state index >= 15 is 0 Å². The van der Waals surface area contributed by atoms with E-state index in [1.807, 2.05) is 0 Å². The molecule has 1 amide bonds. The average Bonchev–Trinajstić information content (AvgIpc) is 2.46. The van der Waals surface area contributed by atoms with Crippen LogP contribution in [0, 0.1) is 17.8 Å². The molecule has 0 aromatic heterocycles. The lowest BCUT2D eigenvalue weighted by Gasteiger charge is -2.29. The van der Waals surface area contributed by atoms with Crippen LogP contribution in [-0.2, 0) is 9.59 Å². The van der Waals surface area contributed by atoms with E-state index in [1.165, 1.54) is 0 Å². The molecule has 1 saturated carbocycles. The van der Waals surface area contributed by atoms with Crippen LogP contribution in [0.25, 0.3) is 0 Å². The van der Waals surface area contributed by atoms with Gasteiger partial charge < -0.3 is 15.7 Å². The summed E-state index contributed by atoms with van der Waals surface area (Å²) in [6.07, 6.45) is 5.72. The number of hydrogen-bond donors (Lipinski definition) is 3. The van der Waals surface area contributed by atoms with E-state index < -0.39 is 5.97 Å². The van der Waals surface area contributed by atoms with Crippen LogP contribution in [0.1, 0.15) is 38.5 Å². The van der Waals surface area contributed by atoms with Crippen molar-refractivity contribution in [3.63, 3.8) is 0 Å². The van der Waals surface area contributed by atoms with E-state index in [0.717, 1.165) is 51.6 Å². The molecular weight excluding hydrogens is 244 g/mol. The second-order valence-corrected chi connectivity index (χ2v) is 5.78. The Morgan fingerprint density at radius 3 is 2.63 bits per heavy atom. The Labute approximate surface area is 114 Å². The number of carboxylic acid groups (broad SMARTS) is 1. The SMILES string of the molecule is O=C(O)C1CCCCC1CNC(=O)[C@@H]1CCCNC1. The van der Waals surface area contributed by atoms with Crippen LogP contribution in [0.2, 0.25) is 0 Å². The molecule has 0 spiro atoms. The van der Waals surface area contributed by atoms with Crippen molar-refractivity contribution in [2.75, 3.05) is 19.6 Å². The highest BCUT2D eigenvalue weighted by Crippen LogP contribution is 2.29. The Kier molecular flexibility index (Phi) is 5.19. The smallest absolute Gasteiger partial charge is 0.306 e. The Morgan fingerprint density at radius 2 is 1.95 bits per heavy atom. The van der Waals surface area contributed by atoms with Crippen molar-refractivity contribution in [3.05, 3.63) is 0 Å². The van der Waals surface area contributed by atoms with Gasteiger partial charge in [-0.3, -0.25) is 9.59 Å². The standard InChI is InChI=1S/C14H24N2O3/c17-13(11-5-3-7-15-8-11)16-9-10-4-1-2-6-12(10)14(18)19/h10-12,15H,1-9H2,(H,16,17)(H,18,19)/t10?,11-,12?/m1/s1. The minimum Gasteiger partial charge on any atom is -0.481 e. The molecule has 0 radical (unpaired) electrons. The van der Waals surface area contributed by atoms with Crippen molar-refractivity contribution in [3.8, 4) is 0 Å². The lowest BCUT2D eigenvalue weighted by molar-refractivity contribution is -0.145. The Hall–Kier alpha value is -1.10. The fourth-order valence-electron chi connectivity index (χ4n) is 3.23. The van der Waals surface area contributed by atoms with Gasteiger partial charge in [0.2, 0.25) is 5.91 Å². The van der Waals surface area contributed by atoms with Crippen molar-refractivity contribution in [2.24, 2.45) is 17.8 Å². The van der Waals surface area contributed by atoms with E-state index in [-0.39, 0.29) is 23.7 Å². The molecule has 2 rings (SSSR count). The van der Waals surface area contributed by atoms with E-state index in [9.17, 15) is 14.7 Å². The van der Waals surface area contributed by atoms with Gasteiger partial charge in [0.25, 0.3) is 0 Å². The summed E-state index contributed by atoms with van der Waals surface area (Å²) in [5, 5.41) is 15.4. The highest BCUT2D eigenvalue weighted by Gasteiger charge is 2.31. The number of aliphatic carboxylic acids is 1. The second kappa shape index (κ2) is 6.89. The summed E-state index contributed by atoms with van der Waals surface area (Å²) in [6, 6.07) is 0. The van der Waals surface area contributed by atoms with Crippen molar-refractivity contribution in [1.29, 1.82) is 0 Å². The molecule has 0 bridgehead atoms. The van der Waals surface area contributed by atoms with Crippen LogP contribution in [0.4, 0.5) is 0 Å². The van der Waals surface area contributed by atoms with Gasteiger partial charge in [-0.15, -0.1) is 0 Å². The first-order valence-electron chi connectivity index (χ1n) is 7.39. The number of carbonyl (C=O) groups is 2. The van der Waals surface area contributed by atoms with Gasteiger partial charge in [-0.25, -0.2) is 0 Å². The third kappa shape index (κ3) is 3.93. The van der Waals surface area contributed by atoms with Gasteiger partial charge in [0, 0.05) is 13.1 Å². The van der Waals surface area contributed by atoms with Crippen LogP contribution >= 0.6 is 0 Å². The highest BCUT2D eigenvalue weighted by molar-refractivity contribution is 5.79. The number of hydrogen-bond acceptors (Lipinski definition) is 3. The van der Waals surface area contributed by atoms with Crippen molar-refractivity contribution < 1.29 is 14.7 Å². The minimum absolute atomic E-state index is 0.0561. The zero-order chi connectivity index (χ0) is 13.7. The molecule has 3 N–H and O–H groups in total. The van der Waals surface area contributed by atoms with E-state index in [4.69, 9.17) is 0 Å². The molecule has 3 atom stereocenters. The molecule has 1 aliphatic carbocycles. The normalized spacial score (nSPS) is 31.7. The van der Waals surface area contributed by atoms with Gasteiger partial charge in [-0.1, -0.05) is 12.8 Å². The topological polar surface area (TPSA) is 78.4 Å². The summed E-state index contributed by atoms with van der Waals surface area (Å²) in [7, 11) is 0. The number of rotatable bonds is 4. The predicted molar refractivity (Wildman–Crippen MR) is 71.7 cm³/mol. The van der Waals surface area contributed by atoms with Gasteiger partial charge in [0.05, 0.1) is 11.8 Å². The van der Waals surface area contributed by atoms with Gasteiger partial charge in [-0.2, -0.15) is 0 Å². The molecule has 5 heteroatoms. The van der Waals surface area contributed by atoms with Crippen LogP contribution < -0.4 is 10.6 Å². The van der Waals surface area contributed by atoms with Crippen LogP contribution in [0.5, 0.6) is 0 Å². The number of amides is 1. The summed E-state index contributed by atoms with van der Waals surface area (Å²) in [5.41, 5.74) is 0. The second-order valence-electron chi connectivity index (χ2n) is 5.78. The molecule has 1 aliphatic heterocycles. The lowest BCUT2D eigenvalue weighted by atomic mass is 9.79. The van der Waals surface area contributed by atoms with E-state index in [1.54, 1.807) is 0 Å². The van der Waals surface area contributed by atoms with Crippen molar-refractivity contribution in [1.82, 2.24) is 10.6 Å². The number of carboxylic acids is 1.